The van der Waals surface area contributed by atoms with Gasteiger partial charge in [-0.25, -0.2) is 4.98 Å². The van der Waals surface area contributed by atoms with Gasteiger partial charge in [-0.05, 0) is 23.6 Å². The first kappa shape index (κ1) is 13.7. The number of ether oxygens (including phenoxy) is 1. The van der Waals surface area contributed by atoms with Crippen molar-refractivity contribution in [3.8, 4) is 5.75 Å². The molecule has 5 heteroatoms. The number of anilines is 3. The maximum absolute atomic E-state index is 5.37. The van der Waals surface area contributed by atoms with Gasteiger partial charge in [-0.1, -0.05) is 0 Å². The standard InChI is InChI=1S/C16H17N3OS/c1-19(2)12-8-11(9-13(10-12)20-3)18-16-14-5-7-21-15(14)4-6-17-16/h4-10H,1-3H3,(H,17,18). The van der Waals surface area contributed by atoms with Gasteiger partial charge in [0.1, 0.15) is 11.6 Å². The summed E-state index contributed by atoms with van der Waals surface area (Å²) in [6, 6.07) is 10.2. The SMILES string of the molecule is COc1cc(Nc2nccc3sccc23)cc(N(C)C)c1. The summed E-state index contributed by atoms with van der Waals surface area (Å²) in [4.78, 5) is 6.49. The predicted molar refractivity (Wildman–Crippen MR) is 90.2 cm³/mol. The summed E-state index contributed by atoms with van der Waals surface area (Å²) >= 11 is 1.71. The Morgan fingerprint density at radius 2 is 2.05 bits per heavy atom. The van der Waals surface area contributed by atoms with Crippen LogP contribution in [-0.2, 0) is 0 Å². The zero-order valence-electron chi connectivity index (χ0n) is 12.3. The minimum Gasteiger partial charge on any atom is -0.497 e. The van der Waals surface area contributed by atoms with Gasteiger partial charge >= 0.3 is 0 Å². The number of aromatic nitrogens is 1. The number of nitrogens with zero attached hydrogens (tertiary/aromatic N) is 2. The first-order chi connectivity index (χ1) is 10.2. The van der Waals surface area contributed by atoms with E-state index in [9.17, 15) is 0 Å². The average molecular weight is 299 g/mol. The van der Waals surface area contributed by atoms with Gasteiger partial charge in [0.05, 0.1) is 7.11 Å². The number of pyridine rings is 1. The first-order valence-electron chi connectivity index (χ1n) is 6.63. The van der Waals surface area contributed by atoms with Gasteiger partial charge in [0, 0.05) is 53.9 Å². The van der Waals surface area contributed by atoms with Crippen molar-refractivity contribution in [2.24, 2.45) is 0 Å². The van der Waals surface area contributed by atoms with Crippen molar-refractivity contribution >= 4 is 38.6 Å². The van der Waals surface area contributed by atoms with Gasteiger partial charge < -0.3 is 15.0 Å². The molecule has 0 aliphatic rings. The van der Waals surface area contributed by atoms with Crippen LogP contribution in [-0.4, -0.2) is 26.2 Å². The lowest BCUT2D eigenvalue weighted by atomic mass is 10.2. The summed E-state index contributed by atoms with van der Waals surface area (Å²) in [5.41, 5.74) is 2.04. The molecule has 0 saturated heterocycles. The Labute approximate surface area is 128 Å². The zero-order valence-corrected chi connectivity index (χ0v) is 13.1. The number of methoxy groups -OCH3 is 1. The van der Waals surface area contributed by atoms with Crippen LogP contribution in [0.15, 0.2) is 41.9 Å². The summed E-state index contributed by atoms with van der Waals surface area (Å²) in [5, 5.41) is 6.61. The molecular weight excluding hydrogens is 282 g/mol. The van der Waals surface area contributed by atoms with Gasteiger partial charge in [0.15, 0.2) is 0 Å². The maximum Gasteiger partial charge on any atom is 0.139 e. The van der Waals surface area contributed by atoms with E-state index in [2.05, 4.69) is 27.8 Å². The third-order valence-electron chi connectivity index (χ3n) is 3.29. The number of hydrogen-bond donors (Lipinski definition) is 1. The monoisotopic (exact) mass is 299 g/mol. The molecule has 4 nitrogen and oxygen atoms in total. The molecular formula is C16H17N3OS. The second-order valence-corrected chi connectivity index (χ2v) is 5.88. The number of hydrogen-bond acceptors (Lipinski definition) is 5. The van der Waals surface area contributed by atoms with Crippen molar-refractivity contribution in [2.75, 3.05) is 31.4 Å². The summed E-state index contributed by atoms with van der Waals surface area (Å²) in [6.07, 6.45) is 1.83. The molecule has 0 saturated carbocycles. The molecule has 21 heavy (non-hydrogen) atoms. The highest BCUT2D eigenvalue weighted by atomic mass is 32.1. The van der Waals surface area contributed by atoms with E-state index in [0.717, 1.165) is 28.3 Å². The Kier molecular flexibility index (Phi) is 3.66. The van der Waals surface area contributed by atoms with Crippen molar-refractivity contribution in [2.45, 2.75) is 0 Å². The maximum atomic E-state index is 5.37. The molecule has 1 aromatic carbocycles. The van der Waals surface area contributed by atoms with Crippen molar-refractivity contribution in [3.05, 3.63) is 41.9 Å². The topological polar surface area (TPSA) is 37.4 Å². The Bertz CT molecular complexity index is 767. The first-order valence-corrected chi connectivity index (χ1v) is 7.51. The molecule has 0 amide bonds. The quantitative estimate of drug-likeness (QED) is 0.786. The summed E-state index contributed by atoms with van der Waals surface area (Å²) in [5.74, 6) is 1.69. The molecule has 3 aromatic rings. The minimum absolute atomic E-state index is 0.821. The van der Waals surface area contributed by atoms with Crippen molar-refractivity contribution in [1.82, 2.24) is 4.98 Å². The van der Waals surface area contributed by atoms with E-state index in [-0.39, 0.29) is 0 Å². The van der Waals surface area contributed by atoms with Gasteiger partial charge in [0.25, 0.3) is 0 Å². The van der Waals surface area contributed by atoms with Crippen LogP contribution in [0.5, 0.6) is 5.75 Å². The molecule has 2 aromatic heterocycles. The van der Waals surface area contributed by atoms with Gasteiger partial charge in [-0.15, -0.1) is 11.3 Å². The fraction of sp³-hybridized carbons (Fsp3) is 0.188. The van der Waals surface area contributed by atoms with Crippen LogP contribution in [0.25, 0.3) is 10.1 Å². The molecule has 0 unspecified atom stereocenters. The van der Waals surface area contributed by atoms with E-state index in [1.54, 1.807) is 18.4 Å². The van der Waals surface area contributed by atoms with Crippen molar-refractivity contribution in [3.63, 3.8) is 0 Å². The molecule has 3 rings (SSSR count). The van der Waals surface area contributed by atoms with Crippen LogP contribution in [0.4, 0.5) is 17.2 Å². The van der Waals surface area contributed by atoms with E-state index in [1.807, 2.05) is 43.4 Å². The smallest absolute Gasteiger partial charge is 0.139 e. The van der Waals surface area contributed by atoms with E-state index in [0.29, 0.717) is 0 Å². The predicted octanol–water partition coefficient (Wildman–Crippen LogP) is 4.11. The Balaban J connectivity index is 2.01. The molecule has 108 valence electrons. The van der Waals surface area contributed by atoms with E-state index < -0.39 is 0 Å². The third kappa shape index (κ3) is 2.78. The zero-order chi connectivity index (χ0) is 14.8. The molecule has 0 bridgehead atoms. The van der Waals surface area contributed by atoms with Crippen LogP contribution in [0.3, 0.4) is 0 Å². The summed E-state index contributed by atoms with van der Waals surface area (Å²) in [6.45, 7) is 0. The van der Waals surface area contributed by atoms with Crippen LogP contribution in [0.1, 0.15) is 0 Å². The average Bonchev–Trinajstić information content (AvgIpc) is 2.96. The second kappa shape index (κ2) is 5.61. The van der Waals surface area contributed by atoms with E-state index in [1.165, 1.54) is 4.70 Å². The van der Waals surface area contributed by atoms with E-state index in [4.69, 9.17) is 4.74 Å². The van der Waals surface area contributed by atoms with Crippen molar-refractivity contribution < 1.29 is 4.74 Å². The fourth-order valence-corrected chi connectivity index (χ4v) is 2.94. The molecule has 0 aliphatic carbocycles. The number of rotatable bonds is 4. The van der Waals surface area contributed by atoms with Crippen LogP contribution >= 0.6 is 11.3 Å². The van der Waals surface area contributed by atoms with Crippen LogP contribution < -0.4 is 15.0 Å². The molecule has 1 N–H and O–H groups in total. The lowest BCUT2D eigenvalue weighted by molar-refractivity contribution is 0.415. The van der Waals surface area contributed by atoms with Crippen LogP contribution in [0, 0.1) is 0 Å². The Morgan fingerprint density at radius 1 is 1.19 bits per heavy atom. The Hall–Kier alpha value is -2.27. The third-order valence-corrected chi connectivity index (χ3v) is 4.17. The van der Waals surface area contributed by atoms with Crippen molar-refractivity contribution in [1.29, 1.82) is 0 Å². The van der Waals surface area contributed by atoms with Gasteiger partial charge in [-0.3, -0.25) is 0 Å². The number of thiophene rings is 1. The normalized spacial score (nSPS) is 10.6. The highest BCUT2D eigenvalue weighted by Gasteiger charge is 2.07. The lowest BCUT2D eigenvalue weighted by Crippen LogP contribution is -2.09. The molecule has 0 radical (unpaired) electrons. The van der Waals surface area contributed by atoms with E-state index >= 15 is 0 Å². The highest BCUT2D eigenvalue weighted by molar-refractivity contribution is 7.17. The number of nitrogens with one attached hydrogen (secondary N) is 1. The number of fused-ring (bicyclic) bond motifs is 1. The molecule has 0 aliphatic heterocycles. The molecule has 0 fully saturated rings. The van der Waals surface area contributed by atoms with Gasteiger partial charge in [0.2, 0.25) is 0 Å². The molecule has 0 spiro atoms. The highest BCUT2D eigenvalue weighted by Crippen LogP contribution is 2.31. The second-order valence-electron chi connectivity index (χ2n) is 4.93. The largest absolute Gasteiger partial charge is 0.497 e. The van der Waals surface area contributed by atoms with Gasteiger partial charge in [-0.2, -0.15) is 0 Å². The fourth-order valence-electron chi connectivity index (χ4n) is 2.16. The minimum atomic E-state index is 0.821. The lowest BCUT2D eigenvalue weighted by Gasteiger charge is -2.16. The molecule has 2 heterocycles. The molecule has 0 atom stereocenters. The number of benzene rings is 1. The van der Waals surface area contributed by atoms with Crippen LogP contribution in [0.2, 0.25) is 0 Å². The Morgan fingerprint density at radius 3 is 2.81 bits per heavy atom. The summed E-state index contributed by atoms with van der Waals surface area (Å²) in [7, 11) is 5.70. The summed E-state index contributed by atoms with van der Waals surface area (Å²) < 4.78 is 6.60.